The molecule has 1 N–H and O–H groups in total. The van der Waals surface area contributed by atoms with Crippen LogP contribution in [0.3, 0.4) is 0 Å². The van der Waals surface area contributed by atoms with E-state index in [2.05, 4.69) is 10.3 Å². The van der Waals surface area contributed by atoms with Crippen LogP contribution in [0.25, 0.3) is 0 Å². The average Bonchev–Trinajstić information content (AvgIpc) is 2.75. The second kappa shape index (κ2) is 6.01. The first-order valence-corrected chi connectivity index (χ1v) is 6.04. The smallest absolute Gasteiger partial charge is 0.194 e. The summed E-state index contributed by atoms with van der Waals surface area (Å²) in [5.41, 5.74) is 1.05. The van der Waals surface area contributed by atoms with Crippen LogP contribution in [-0.4, -0.2) is 31.8 Å². The van der Waals surface area contributed by atoms with E-state index in [0.29, 0.717) is 5.92 Å². The van der Waals surface area contributed by atoms with Gasteiger partial charge >= 0.3 is 0 Å². The Morgan fingerprint density at radius 3 is 3.00 bits per heavy atom. The number of ether oxygens (including phenoxy) is 1. The number of nitrogens with one attached hydrogen (secondary N) is 1. The molecule has 0 aromatic carbocycles. The van der Waals surface area contributed by atoms with E-state index in [1.165, 1.54) is 0 Å². The summed E-state index contributed by atoms with van der Waals surface area (Å²) in [5, 5.41) is 3.11. The molecule has 0 bridgehead atoms. The van der Waals surface area contributed by atoms with Crippen molar-refractivity contribution in [1.82, 2.24) is 10.3 Å². The fourth-order valence-electron chi connectivity index (χ4n) is 2.01. The minimum absolute atomic E-state index is 0.685. The number of hydrogen-bond acceptors (Lipinski definition) is 4. The number of nitrogens with zero attached hydrogens (tertiary/aromatic N) is 1. The largest absolute Gasteiger partial charge is 0.449 e. The first kappa shape index (κ1) is 11.6. The van der Waals surface area contributed by atoms with Crippen LogP contribution in [0.5, 0.6) is 0 Å². The Hall–Kier alpha value is -0.870. The fraction of sp³-hybridized carbons (Fsp3) is 0.750. The van der Waals surface area contributed by atoms with Crippen LogP contribution >= 0.6 is 0 Å². The Morgan fingerprint density at radius 2 is 2.25 bits per heavy atom. The molecule has 0 atom stereocenters. The van der Waals surface area contributed by atoms with Gasteiger partial charge in [-0.15, -0.1) is 0 Å². The van der Waals surface area contributed by atoms with Gasteiger partial charge in [-0.05, 0) is 25.8 Å². The molecular formula is C12H20N2O2. The summed E-state index contributed by atoms with van der Waals surface area (Å²) in [6.07, 6.45) is 5.95. The second-order valence-corrected chi connectivity index (χ2v) is 4.35. The summed E-state index contributed by atoms with van der Waals surface area (Å²) in [5.74, 6) is 1.57. The third kappa shape index (κ3) is 3.32. The van der Waals surface area contributed by atoms with Gasteiger partial charge in [0.2, 0.25) is 0 Å². The summed E-state index contributed by atoms with van der Waals surface area (Å²) in [6, 6.07) is 0. The topological polar surface area (TPSA) is 47.3 Å². The molecule has 90 valence electrons. The van der Waals surface area contributed by atoms with Gasteiger partial charge in [0.15, 0.2) is 5.89 Å². The maximum atomic E-state index is 5.48. The van der Waals surface area contributed by atoms with E-state index in [9.17, 15) is 0 Å². The van der Waals surface area contributed by atoms with E-state index in [0.717, 1.165) is 57.0 Å². The Bertz CT molecular complexity index is 306. The fourth-order valence-corrected chi connectivity index (χ4v) is 2.01. The lowest BCUT2D eigenvalue weighted by Gasteiger charge is -2.20. The number of rotatable bonds is 5. The van der Waals surface area contributed by atoms with E-state index in [4.69, 9.17) is 9.15 Å². The number of hydrogen-bond donors (Lipinski definition) is 1. The maximum absolute atomic E-state index is 5.48. The molecule has 1 aromatic heterocycles. The summed E-state index contributed by atoms with van der Waals surface area (Å²) < 4.78 is 10.8. The van der Waals surface area contributed by atoms with E-state index < -0.39 is 0 Å². The van der Waals surface area contributed by atoms with Gasteiger partial charge in [0.1, 0.15) is 6.26 Å². The second-order valence-electron chi connectivity index (χ2n) is 4.35. The first-order valence-electron chi connectivity index (χ1n) is 6.04. The minimum Gasteiger partial charge on any atom is -0.449 e. The van der Waals surface area contributed by atoms with Crippen LogP contribution in [-0.2, 0) is 17.6 Å². The van der Waals surface area contributed by atoms with Gasteiger partial charge in [0, 0.05) is 32.6 Å². The van der Waals surface area contributed by atoms with Crippen LogP contribution in [0.1, 0.15) is 24.4 Å². The van der Waals surface area contributed by atoms with Crippen LogP contribution in [0, 0.1) is 5.92 Å². The van der Waals surface area contributed by atoms with Crippen LogP contribution < -0.4 is 5.32 Å². The molecule has 16 heavy (non-hydrogen) atoms. The zero-order valence-electron chi connectivity index (χ0n) is 9.87. The lowest BCUT2D eigenvalue weighted by molar-refractivity contribution is 0.0647. The van der Waals surface area contributed by atoms with E-state index >= 15 is 0 Å². The molecule has 1 aliphatic heterocycles. The number of oxazole rings is 1. The molecule has 0 aliphatic carbocycles. The SMILES string of the molecule is CNCCc1coc(CC2CCOCC2)n1. The summed E-state index contributed by atoms with van der Waals surface area (Å²) >= 11 is 0. The zero-order valence-corrected chi connectivity index (χ0v) is 9.87. The highest BCUT2D eigenvalue weighted by molar-refractivity contribution is 4.98. The lowest BCUT2D eigenvalue weighted by atomic mass is 9.97. The van der Waals surface area contributed by atoms with Crippen LogP contribution in [0.4, 0.5) is 0 Å². The van der Waals surface area contributed by atoms with Crippen molar-refractivity contribution in [2.24, 2.45) is 5.92 Å². The number of likely N-dealkylation sites (N-methyl/N-ethyl adjacent to an activating group) is 1. The van der Waals surface area contributed by atoms with Crippen molar-refractivity contribution >= 4 is 0 Å². The van der Waals surface area contributed by atoms with Crippen LogP contribution in [0.2, 0.25) is 0 Å². The van der Waals surface area contributed by atoms with Gasteiger partial charge < -0.3 is 14.5 Å². The maximum Gasteiger partial charge on any atom is 0.194 e. The van der Waals surface area contributed by atoms with Gasteiger partial charge in [-0.1, -0.05) is 0 Å². The lowest BCUT2D eigenvalue weighted by Crippen LogP contribution is -2.17. The van der Waals surface area contributed by atoms with Crippen molar-refractivity contribution in [2.75, 3.05) is 26.8 Å². The van der Waals surface area contributed by atoms with Crippen LogP contribution in [0.15, 0.2) is 10.7 Å². The predicted octanol–water partition coefficient (Wildman–Crippen LogP) is 1.41. The molecule has 4 nitrogen and oxygen atoms in total. The molecule has 1 aliphatic rings. The molecule has 1 fully saturated rings. The molecule has 0 amide bonds. The monoisotopic (exact) mass is 224 g/mol. The number of aromatic nitrogens is 1. The molecule has 2 heterocycles. The average molecular weight is 224 g/mol. The predicted molar refractivity (Wildman–Crippen MR) is 61.4 cm³/mol. The highest BCUT2D eigenvalue weighted by Crippen LogP contribution is 2.19. The molecule has 4 heteroatoms. The van der Waals surface area contributed by atoms with E-state index in [1.54, 1.807) is 6.26 Å². The molecule has 0 unspecified atom stereocenters. The quantitative estimate of drug-likeness (QED) is 0.821. The van der Waals surface area contributed by atoms with Gasteiger partial charge in [-0.3, -0.25) is 0 Å². The zero-order chi connectivity index (χ0) is 11.2. The Morgan fingerprint density at radius 1 is 1.44 bits per heavy atom. The van der Waals surface area contributed by atoms with Crippen molar-refractivity contribution in [3.8, 4) is 0 Å². The van der Waals surface area contributed by atoms with Gasteiger partial charge in [-0.2, -0.15) is 0 Å². The molecule has 0 radical (unpaired) electrons. The first-order chi connectivity index (χ1) is 7.88. The highest BCUT2D eigenvalue weighted by Gasteiger charge is 2.16. The van der Waals surface area contributed by atoms with E-state index in [1.807, 2.05) is 7.05 Å². The molecule has 0 saturated carbocycles. The van der Waals surface area contributed by atoms with Gasteiger partial charge in [-0.25, -0.2) is 4.98 Å². The third-order valence-electron chi connectivity index (χ3n) is 3.03. The summed E-state index contributed by atoms with van der Waals surface area (Å²) in [6.45, 7) is 2.72. The third-order valence-corrected chi connectivity index (χ3v) is 3.03. The van der Waals surface area contributed by atoms with Gasteiger partial charge in [0.25, 0.3) is 0 Å². The normalized spacial score (nSPS) is 17.8. The summed E-state index contributed by atoms with van der Waals surface area (Å²) in [7, 11) is 1.95. The molecule has 0 spiro atoms. The van der Waals surface area contributed by atoms with Gasteiger partial charge in [0.05, 0.1) is 5.69 Å². The van der Waals surface area contributed by atoms with Crippen molar-refractivity contribution in [3.63, 3.8) is 0 Å². The Labute approximate surface area is 96.4 Å². The van der Waals surface area contributed by atoms with Crippen molar-refractivity contribution in [3.05, 3.63) is 17.8 Å². The molecule has 1 aromatic rings. The highest BCUT2D eigenvalue weighted by atomic mass is 16.5. The van der Waals surface area contributed by atoms with Crippen molar-refractivity contribution in [2.45, 2.75) is 25.7 Å². The summed E-state index contributed by atoms with van der Waals surface area (Å²) in [4.78, 5) is 4.49. The molecule has 1 saturated heterocycles. The Balaban J connectivity index is 1.81. The molecular weight excluding hydrogens is 204 g/mol. The van der Waals surface area contributed by atoms with Crippen molar-refractivity contribution in [1.29, 1.82) is 0 Å². The van der Waals surface area contributed by atoms with Crippen molar-refractivity contribution < 1.29 is 9.15 Å². The molecule has 2 rings (SSSR count). The Kier molecular flexibility index (Phi) is 4.36. The minimum atomic E-state index is 0.685. The van der Waals surface area contributed by atoms with E-state index in [-0.39, 0.29) is 0 Å². The standard InChI is InChI=1S/C12H20N2O2/c1-13-5-2-11-9-16-12(14-11)8-10-3-6-15-7-4-10/h9-10,13H,2-8H2,1H3.